The number of amidine groups is 1. The Balaban J connectivity index is 1.86. The number of likely N-dealkylation sites (N-methyl/N-ethyl adjacent to an activating group) is 1. The number of halogens is 1. The van der Waals surface area contributed by atoms with Crippen molar-refractivity contribution in [3.63, 3.8) is 0 Å². The third-order valence-corrected chi connectivity index (χ3v) is 5.94. The lowest BCUT2D eigenvalue weighted by Gasteiger charge is -2.08. The molecule has 0 saturated carbocycles. The maximum absolute atomic E-state index is 12.7. The molecule has 1 heterocycles. The number of phenols is 1. The molecule has 0 aromatic heterocycles. The molecule has 1 fully saturated rings. The standard InChI is InChI=1S/C21H19BrN2O5S/c1-4-29-20(27)12-5-7-14(8-6-12)23-21-24(2)19(26)18(30-21)10-13-9-17(28-3)16(25)11-15(13)22/h5-11,25H,4H2,1-3H3/b18-10-,23-21?. The van der Waals surface area contributed by atoms with Gasteiger partial charge in [0.05, 0.1) is 29.9 Å². The quantitative estimate of drug-likeness (QED) is 0.487. The SMILES string of the molecule is CCOC(=O)c1ccc(N=C2S/C(=C\c3cc(OC)c(O)cc3Br)C(=O)N2C)cc1. The molecule has 1 amide bonds. The van der Waals surface area contributed by atoms with E-state index < -0.39 is 0 Å². The van der Waals surface area contributed by atoms with E-state index in [1.54, 1.807) is 50.4 Å². The summed E-state index contributed by atoms with van der Waals surface area (Å²) in [6.45, 7) is 2.06. The Morgan fingerprint density at radius 3 is 2.63 bits per heavy atom. The van der Waals surface area contributed by atoms with Gasteiger partial charge in [0, 0.05) is 11.5 Å². The second-order valence-electron chi connectivity index (χ2n) is 6.18. The van der Waals surface area contributed by atoms with Crippen molar-refractivity contribution in [1.29, 1.82) is 0 Å². The third-order valence-electron chi connectivity index (χ3n) is 4.19. The van der Waals surface area contributed by atoms with Crippen LogP contribution < -0.4 is 4.74 Å². The number of rotatable bonds is 5. The summed E-state index contributed by atoms with van der Waals surface area (Å²) in [5.41, 5.74) is 1.74. The zero-order valence-electron chi connectivity index (χ0n) is 16.5. The summed E-state index contributed by atoms with van der Waals surface area (Å²) in [5.74, 6) is -0.271. The predicted octanol–water partition coefficient (Wildman–Crippen LogP) is 4.57. The van der Waals surface area contributed by atoms with Gasteiger partial charge < -0.3 is 14.6 Å². The lowest BCUT2D eigenvalue weighted by molar-refractivity contribution is -0.121. The summed E-state index contributed by atoms with van der Waals surface area (Å²) < 4.78 is 10.7. The minimum absolute atomic E-state index is 0.00237. The van der Waals surface area contributed by atoms with Crippen LogP contribution in [0.15, 0.2) is 50.8 Å². The highest BCUT2D eigenvalue weighted by molar-refractivity contribution is 9.10. The van der Waals surface area contributed by atoms with Crippen LogP contribution in [-0.4, -0.2) is 47.8 Å². The summed E-state index contributed by atoms with van der Waals surface area (Å²) in [6.07, 6.45) is 1.71. The topological polar surface area (TPSA) is 88.4 Å². The van der Waals surface area contributed by atoms with Crippen LogP contribution >= 0.6 is 27.7 Å². The molecular weight excluding hydrogens is 472 g/mol. The van der Waals surface area contributed by atoms with E-state index in [1.807, 2.05) is 0 Å². The Kier molecular flexibility index (Phi) is 6.84. The Bertz CT molecular complexity index is 1050. The second-order valence-corrected chi connectivity index (χ2v) is 8.05. The average molecular weight is 491 g/mol. The first kappa shape index (κ1) is 21.9. The van der Waals surface area contributed by atoms with Gasteiger partial charge in [-0.1, -0.05) is 15.9 Å². The normalized spacial score (nSPS) is 16.4. The number of methoxy groups -OCH3 is 1. The molecule has 0 bridgehead atoms. The minimum atomic E-state index is -0.389. The first-order valence-corrected chi connectivity index (χ1v) is 10.5. The number of phenolic OH excluding ortho intramolecular Hbond substituents is 1. The van der Waals surface area contributed by atoms with Crippen molar-refractivity contribution in [1.82, 2.24) is 4.90 Å². The van der Waals surface area contributed by atoms with Crippen molar-refractivity contribution in [2.24, 2.45) is 4.99 Å². The molecule has 1 aliphatic rings. The van der Waals surface area contributed by atoms with E-state index in [4.69, 9.17) is 9.47 Å². The second kappa shape index (κ2) is 9.36. The van der Waals surface area contributed by atoms with E-state index in [1.165, 1.54) is 29.8 Å². The van der Waals surface area contributed by atoms with Crippen molar-refractivity contribution in [2.45, 2.75) is 6.92 Å². The number of carbonyl (C=O) groups excluding carboxylic acids is 2. The number of thioether (sulfide) groups is 1. The summed E-state index contributed by atoms with van der Waals surface area (Å²) in [4.78, 5) is 30.9. The maximum Gasteiger partial charge on any atom is 0.338 e. The molecule has 30 heavy (non-hydrogen) atoms. The number of esters is 1. The average Bonchev–Trinajstić information content (AvgIpc) is 2.98. The summed E-state index contributed by atoms with van der Waals surface area (Å²) >= 11 is 4.62. The molecular formula is C21H19BrN2O5S. The van der Waals surface area contributed by atoms with E-state index in [2.05, 4.69) is 20.9 Å². The van der Waals surface area contributed by atoms with Crippen LogP contribution in [0.4, 0.5) is 5.69 Å². The molecule has 3 rings (SSSR count). The number of aromatic hydroxyl groups is 1. The number of aliphatic imine (C=N–C) groups is 1. The Labute approximate surface area is 186 Å². The van der Waals surface area contributed by atoms with E-state index in [0.717, 1.165) is 0 Å². The summed E-state index contributed by atoms with van der Waals surface area (Å²) in [5, 5.41) is 10.4. The van der Waals surface area contributed by atoms with Crippen LogP contribution in [0.5, 0.6) is 11.5 Å². The van der Waals surface area contributed by atoms with Gasteiger partial charge in [-0.3, -0.25) is 9.69 Å². The van der Waals surface area contributed by atoms with Gasteiger partial charge in [-0.15, -0.1) is 0 Å². The molecule has 2 aromatic carbocycles. The van der Waals surface area contributed by atoms with Gasteiger partial charge in [0.25, 0.3) is 5.91 Å². The van der Waals surface area contributed by atoms with Gasteiger partial charge >= 0.3 is 5.97 Å². The molecule has 2 aromatic rings. The van der Waals surface area contributed by atoms with Gasteiger partial charge in [0.1, 0.15) is 0 Å². The minimum Gasteiger partial charge on any atom is -0.504 e. The molecule has 1 aliphatic heterocycles. The highest BCUT2D eigenvalue weighted by Crippen LogP contribution is 2.37. The Hall–Kier alpha value is -2.78. The van der Waals surface area contributed by atoms with Gasteiger partial charge in [0.2, 0.25) is 0 Å². The summed E-state index contributed by atoms with van der Waals surface area (Å²) in [7, 11) is 3.11. The molecule has 0 atom stereocenters. The van der Waals surface area contributed by atoms with Crippen molar-refractivity contribution in [2.75, 3.05) is 20.8 Å². The van der Waals surface area contributed by atoms with Gasteiger partial charge in [-0.05, 0) is 66.7 Å². The van der Waals surface area contributed by atoms with Crippen LogP contribution in [0.2, 0.25) is 0 Å². The maximum atomic E-state index is 12.7. The fourth-order valence-electron chi connectivity index (χ4n) is 2.62. The summed E-state index contributed by atoms with van der Waals surface area (Å²) in [6, 6.07) is 9.82. The number of amides is 1. The van der Waals surface area contributed by atoms with Crippen molar-refractivity contribution in [3.8, 4) is 11.5 Å². The Morgan fingerprint density at radius 2 is 2.00 bits per heavy atom. The lowest BCUT2D eigenvalue weighted by Crippen LogP contribution is -2.23. The zero-order valence-corrected chi connectivity index (χ0v) is 18.9. The molecule has 0 aliphatic carbocycles. The van der Waals surface area contributed by atoms with Crippen LogP contribution in [-0.2, 0) is 9.53 Å². The fraction of sp³-hybridized carbons (Fsp3) is 0.190. The fourth-order valence-corrected chi connectivity index (χ4v) is 4.05. The molecule has 156 valence electrons. The highest BCUT2D eigenvalue weighted by atomic mass is 79.9. The smallest absolute Gasteiger partial charge is 0.338 e. The first-order valence-electron chi connectivity index (χ1n) is 8.94. The van der Waals surface area contributed by atoms with E-state index >= 15 is 0 Å². The number of ether oxygens (including phenoxy) is 2. The van der Waals surface area contributed by atoms with Gasteiger partial charge in [-0.2, -0.15) is 0 Å². The monoisotopic (exact) mass is 490 g/mol. The molecule has 1 N–H and O–H groups in total. The van der Waals surface area contributed by atoms with Crippen molar-refractivity contribution in [3.05, 3.63) is 56.9 Å². The van der Waals surface area contributed by atoms with Gasteiger partial charge in [0.15, 0.2) is 16.7 Å². The number of hydrogen-bond donors (Lipinski definition) is 1. The predicted molar refractivity (Wildman–Crippen MR) is 120 cm³/mol. The zero-order chi connectivity index (χ0) is 21.8. The van der Waals surface area contributed by atoms with E-state index in [0.29, 0.717) is 43.7 Å². The Morgan fingerprint density at radius 1 is 1.30 bits per heavy atom. The van der Waals surface area contributed by atoms with E-state index in [9.17, 15) is 14.7 Å². The number of benzene rings is 2. The third kappa shape index (κ3) is 4.68. The molecule has 7 nitrogen and oxygen atoms in total. The van der Waals surface area contributed by atoms with Gasteiger partial charge in [-0.25, -0.2) is 9.79 Å². The molecule has 0 radical (unpaired) electrons. The highest BCUT2D eigenvalue weighted by Gasteiger charge is 2.30. The molecule has 9 heteroatoms. The largest absolute Gasteiger partial charge is 0.504 e. The van der Waals surface area contributed by atoms with Crippen LogP contribution in [0, 0.1) is 0 Å². The molecule has 0 unspecified atom stereocenters. The van der Waals surface area contributed by atoms with Crippen LogP contribution in [0.1, 0.15) is 22.8 Å². The van der Waals surface area contributed by atoms with Crippen molar-refractivity contribution < 1.29 is 24.2 Å². The molecule has 0 spiro atoms. The van der Waals surface area contributed by atoms with Crippen LogP contribution in [0.3, 0.4) is 0 Å². The van der Waals surface area contributed by atoms with Crippen LogP contribution in [0.25, 0.3) is 6.08 Å². The number of carbonyl (C=O) groups is 2. The lowest BCUT2D eigenvalue weighted by atomic mass is 10.2. The number of nitrogens with zero attached hydrogens (tertiary/aromatic N) is 2. The first-order chi connectivity index (χ1) is 14.3. The van der Waals surface area contributed by atoms with E-state index in [-0.39, 0.29) is 17.6 Å². The molecule has 1 saturated heterocycles. The van der Waals surface area contributed by atoms with Crippen molar-refractivity contribution >= 4 is 56.5 Å². The number of hydrogen-bond acceptors (Lipinski definition) is 7.